The predicted octanol–water partition coefficient (Wildman–Crippen LogP) is 2.51. The quantitative estimate of drug-likeness (QED) is 0.628. The van der Waals surface area contributed by atoms with Crippen LogP contribution >= 0.6 is 11.6 Å². The third-order valence-corrected chi connectivity index (χ3v) is 3.52. The number of rotatable bonds is 4. The first-order valence-corrected chi connectivity index (χ1v) is 6.53. The van der Waals surface area contributed by atoms with Gasteiger partial charge in [0, 0.05) is 26.3 Å². The van der Waals surface area contributed by atoms with Crippen LogP contribution in [0.15, 0.2) is 12.3 Å². The number of hydrogen-bond donors (Lipinski definition) is 0. The highest BCUT2D eigenvalue weighted by Gasteiger charge is 2.23. The van der Waals surface area contributed by atoms with Crippen LogP contribution in [0, 0.1) is 16.0 Å². The second-order valence-electron chi connectivity index (χ2n) is 4.67. The Labute approximate surface area is 116 Å². The van der Waals surface area contributed by atoms with Gasteiger partial charge in [0.1, 0.15) is 12.0 Å². The van der Waals surface area contributed by atoms with Crippen molar-refractivity contribution in [3.8, 4) is 0 Å². The van der Waals surface area contributed by atoms with Crippen LogP contribution in [0.5, 0.6) is 0 Å². The number of hydrogen-bond acceptors (Lipinski definition) is 5. The minimum absolute atomic E-state index is 0.0841. The number of piperidine rings is 1. The van der Waals surface area contributed by atoms with Gasteiger partial charge in [-0.3, -0.25) is 10.1 Å². The molecule has 1 aliphatic heterocycles. The standard InChI is InChI=1S/C12H16ClN3O3/c1-19-8-9-3-2-4-15(7-9)12-11(13)5-10(6-14-12)16(17)18/h5-6,9H,2-4,7-8H2,1H3. The Morgan fingerprint density at radius 3 is 3.11 bits per heavy atom. The third-order valence-electron chi connectivity index (χ3n) is 3.24. The summed E-state index contributed by atoms with van der Waals surface area (Å²) in [6.45, 7) is 2.39. The molecule has 1 saturated heterocycles. The molecule has 1 aliphatic rings. The Morgan fingerprint density at radius 2 is 2.47 bits per heavy atom. The van der Waals surface area contributed by atoms with Crippen molar-refractivity contribution in [2.45, 2.75) is 12.8 Å². The molecule has 6 nitrogen and oxygen atoms in total. The van der Waals surface area contributed by atoms with Crippen molar-refractivity contribution < 1.29 is 9.66 Å². The molecule has 104 valence electrons. The average Bonchev–Trinajstić information content (AvgIpc) is 2.39. The van der Waals surface area contributed by atoms with Gasteiger partial charge in [0.15, 0.2) is 0 Å². The van der Waals surface area contributed by atoms with Crippen LogP contribution < -0.4 is 4.90 Å². The lowest BCUT2D eigenvalue weighted by molar-refractivity contribution is -0.385. The smallest absolute Gasteiger partial charge is 0.289 e. The second-order valence-corrected chi connectivity index (χ2v) is 5.07. The molecule has 19 heavy (non-hydrogen) atoms. The summed E-state index contributed by atoms with van der Waals surface area (Å²) >= 11 is 6.09. The molecular formula is C12H16ClN3O3. The lowest BCUT2D eigenvalue weighted by Crippen LogP contribution is -2.37. The van der Waals surface area contributed by atoms with Crippen molar-refractivity contribution in [3.05, 3.63) is 27.4 Å². The number of anilines is 1. The Hall–Kier alpha value is -1.40. The molecule has 0 radical (unpaired) electrons. The highest BCUT2D eigenvalue weighted by molar-refractivity contribution is 6.33. The number of pyridine rings is 1. The van der Waals surface area contributed by atoms with E-state index < -0.39 is 4.92 Å². The largest absolute Gasteiger partial charge is 0.384 e. The fraction of sp³-hybridized carbons (Fsp3) is 0.583. The number of methoxy groups -OCH3 is 1. The molecule has 0 aliphatic carbocycles. The van der Waals surface area contributed by atoms with Gasteiger partial charge in [0.25, 0.3) is 5.69 Å². The fourth-order valence-corrected chi connectivity index (χ4v) is 2.66. The zero-order valence-corrected chi connectivity index (χ0v) is 11.5. The lowest BCUT2D eigenvalue weighted by atomic mass is 9.99. The molecule has 0 amide bonds. The summed E-state index contributed by atoms with van der Waals surface area (Å²) in [6, 6.07) is 1.35. The van der Waals surface area contributed by atoms with Crippen molar-refractivity contribution in [1.82, 2.24) is 4.98 Å². The van der Waals surface area contributed by atoms with E-state index in [4.69, 9.17) is 16.3 Å². The van der Waals surface area contributed by atoms with Gasteiger partial charge >= 0.3 is 0 Å². The van der Waals surface area contributed by atoms with Crippen molar-refractivity contribution >= 4 is 23.1 Å². The average molecular weight is 286 g/mol. The molecule has 1 atom stereocenters. The van der Waals surface area contributed by atoms with Gasteiger partial charge < -0.3 is 9.64 Å². The van der Waals surface area contributed by atoms with Crippen molar-refractivity contribution in [2.75, 3.05) is 31.7 Å². The second kappa shape index (κ2) is 6.16. The maximum Gasteiger partial charge on any atom is 0.289 e. The first-order valence-electron chi connectivity index (χ1n) is 6.15. The van der Waals surface area contributed by atoms with Crippen LogP contribution in [0.4, 0.5) is 11.5 Å². The van der Waals surface area contributed by atoms with Crippen LogP contribution in [0.1, 0.15) is 12.8 Å². The zero-order chi connectivity index (χ0) is 13.8. The topological polar surface area (TPSA) is 68.5 Å². The van der Waals surface area contributed by atoms with Crippen molar-refractivity contribution in [1.29, 1.82) is 0 Å². The van der Waals surface area contributed by atoms with E-state index >= 15 is 0 Å². The summed E-state index contributed by atoms with van der Waals surface area (Å²) in [6.07, 6.45) is 3.42. The van der Waals surface area contributed by atoms with Gasteiger partial charge in [-0.25, -0.2) is 4.98 Å². The Kier molecular flexibility index (Phi) is 4.55. The maximum absolute atomic E-state index is 10.7. The number of ether oxygens (including phenoxy) is 1. The normalized spacial score (nSPS) is 19.5. The van der Waals surface area contributed by atoms with E-state index in [0.717, 1.165) is 25.9 Å². The van der Waals surface area contributed by atoms with Gasteiger partial charge in [0.05, 0.1) is 16.6 Å². The molecule has 1 aromatic heterocycles. The fourth-order valence-electron chi connectivity index (χ4n) is 2.38. The Bertz CT molecular complexity index is 468. The lowest BCUT2D eigenvalue weighted by Gasteiger charge is -2.33. The highest BCUT2D eigenvalue weighted by Crippen LogP contribution is 2.30. The van der Waals surface area contributed by atoms with E-state index in [1.54, 1.807) is 7.11 Å². The summed E-state index contributed by atoms with van der Waals surface area (Å²) in [5.41, 5.74) is -0.0841. The van der Waals surface area contributed by atoms with Gasteiger partial charge in [-0.1, -0.05) is 11.6 Å². The summed E-state index contributed by atoms with van der Waals surface area (Å²) < 4.78 is 5.18. The van der Waals surface area contributed by atoms with Crippen molar-refractivity contribution in [2.24, 2.45) is 5.92 Å². The van der Waals surface area contributed by atoms with Crippen LogP contribution in [0.2, 0.25) is 5.02 Å². The summed E-state index contributed by atoms with van der Waals surface area (Å²) in [5, 5.41) is 11.0. The number of nitrogens with zero attached hydrogens (tertiary/aromatic N) is 3. The molecule has 0 bridgehead atoms. The molecule has 2 rings (SSSR count). The Morgan fingerprint density at radius 1 is 1.68 bits per heavy atom. The molecule has 0 aromatic carbocycles. The van der Waals surface area contributed by atoms with Crippen molar-refractivity contribution in [3.63, 3.8) is 0 Å². The van der Waals surface area contributed by atoms with E-state index in [2.05, 4.69) is 9.88 Å². The van der Waals surface area contributed by atoms with E-state index in [0.29, 0.717) is 23.4 Å². The molecule has 0 spiro atoms. The van der Waals surface area contributed by atoms with Gasteiger partial charge in [-0.15, -0.1) is 0 Å². The maximum atomic E-state index is 10.7. The molecule has 1 aromatic rings. The molecule has 1 fully saturated rings. The van der Waals surface area contributed by atoms with Gasteiger partial charge in [-0.05, 0) is 18.8 Å². The molecule has 7 heteroatoms. The Balaban J connectivity index is 2.15. The summed E-state index contributed by atoms with van der Waals surface area (Å²) in [5.74, 6) is 1.07. The summed E-state index contributed by atoms with van der Waals surface area (Å²) in [7, 11) is 1.69. The first kappa shape index (κ1) is 14.0. The van der Waals surface area contributed by atoms with Gasteiger partial charge in [-0.2, -0.15) is 0 Å². The van der Waals surface area contributed by atoms with Gasteiger partial charge in [0.2, 0.25) is 0 Å². The molecule has 1 unspecified atom stereocenters. The highest BCUT2D eigenvalue weighted by atomic mass is 35.5. The van der Waals surface area contributed by atoms with E-state index in [-0.39, 0.29) is 5.69 Å². The van der Waals surface area contributed by atoms with Crippen LogP contribution in [0.3, 0.4) is 0 Å². The molecular weight excluding hydrogens is 270 g/mol. The van der Waals surface area contributed by atoms with Crippen LogP contribution in [-0.2, 0) is 4.74 Å². The monoisotopic (exact) mass is 285 g/mol. The molecule has 2 heterocycles. The first-order chi connectivity index (χ1) is 9.11. The number of nitro groups is 1. The number of halogens is 1. The number of aromatic nitrogens is 1. The SMILES string of the molecule is COCC1CCCN(c2ncc([N+](=O)[O-])cc2Cl)C1. The molecule has 0 N–H and O–H groups in total. The van der Waals surface area contributed by atoms with E-state index in [1.165, 1.54) is 12.3 Å². The van der Waals surface area contributed by atoms with E-state index in [9.17, 15) is 10.1 Å². The van der Waals surface area contributed by atoms with E-state index in [1.807, 2.05) is 0 Å². The predicted molar refractivity (Wildman–Crippen MR) is 72.7 cm³/mol. The van der Waals surface area contributed by atoms with Crippen LogP contribution in [-0.4, -0.2) is 36.7 Å². The zero-order valence-electron chi connectivity index (χ0n) is 10.7. The summed E-state index contributed by atoms with van der Waals surface area (Å²) in [4.78, 5) is 16.4. The van der Waals surface area contributed by atoms with Crippen LogP contribution in [0.25, 0.3) is 0 Å². The minimum Gasteiger partial charge on any atom is -0.384 e. The minimum atomic E-state index is -0.493. The third kappa shape index (κ3) is 3.33. The molecule has 0 saturated carbocycles.